The second-order valence-electron chi connectivity index (χ2n) is 7.16. The fourth-order valence-corrected chi connectivity index (χ4v) is 4.20. The minimum Gasteiger partial charge on any atom is -0.493 e. The first kappa shape index (κ1) is 20.9. The molecule has 7 nitrogen and oxygen atoms in total. The minimum absolute atomic E-state index is 0.248. The molecule has 1 aromatic carbocycles. The summed E-state index contributed by atoms with van der Waals surface area (Å²) < 4.78 is 16.0. The number of benzene rings is 1. The highest BCUT2D eigenvalue weighted by Crippen LogP contribution is 2.49. The van der Waals surface area contributed by atoms with Gasteiger partial charge in [0.2, 0.25) is 5.75 Å². The predicted octanol–water partition coefficient (Wildman–Crippen LogP) is 1.93. The van der Waals surface area contributed by atoms with Gasteiger partial charge in [0, 0.05) is 12.3 Å². The van der Waals surface area contributed by atoms with Crippen molar-refractivity contribution in [2.24, 2.45) is 11.8 Å². The molecule has 1 fully saturated rings. The van der Waals surface area contributed by atoms with Crippen LogP contribution in [0.4, 0.5) is 0 Å². The summed E-state index contributed by atoms with van der Waals surface area (Å²) in [6.45, 7) is 4.14. The molecule has 0 saturated heterocycles. The average molecular weight is 378 g/mol. The summed E-state index contributed by atoms with van der Waals surface area (Å²) in [7, 11) is 4.37. The number of hydrogen-bond acceptors (Lipinski definition) is 7. The van der Waals surface area contributed by atoms with Crippen molar-refractivity contribution in [3.63, 3.8) is 0 Å². The molecule has 148 valence electrons. The molecule has 2 rings (SSSR count). The van der Waals surface area contributed by atoms with Crippen molar-refractivity contribution in [2.45, 2.75) is 38.7 Å². The molecule has 7 heteroatoms. The van der Waals surface area contributed by atoms with Crippen LogP contribution < -0.4 is 14.2 Å². The summed E-state index contributed by atoms with van der Waals surface area (Å²) in [6, 6.07) is 3.24. The van der Waals surface area contributed by atoms with E-state index in [2.05, 4.69) is 0 Å². The average Bonchev–Trinajstić information content (AvgIpc) is 2.57. The SMILES string of the molecule is COc1cc([C@@H]2[C@H](C(C)=O)C(=O)C[C@@](C)(O)[C@@H]2C(C)=O)cc(OC)c1OC. The Labute approximate surface area is 158 Å². The number of rotatable bonds is 6. The van der Waals surface area contributed by atoms with Crippen molar-refractivity contribution in [3.8, 4) is 17.2 Å². The van der Waals surface area contributed by atoms with E-state index in [1.54, 1.807) is 12.1 Å². The Morgan fingerprint density at radius 2 is 1.56 bits per heavy atom. The number of hydrogen-bond donors (Lipinski definition) is 1. The standard InChI is InChI=1S/C20H26O7/c1-10(21)16-13(23)9-20(3,24)18(11(2)22)17(16)12-7-14(25-4)19(27-6)15(8-12)26-5/h7-8,16-18,24H,9H2,1-6H3/t16-,17-,18-,20-/m1/s1. The molecular weight excluding hydrogens is 352 g/mol. The third kappa shape index (κ3) is 3.69. The first-order chi connectivity index (χ1) is 12.6. The zero-order chi connectivity index (χ0) is 20.5. The van der Waals surface area contributed by atoms with Crippen LogP contribution in [0.25, 0.3) is 0 Å². The van der Waals surface area contributed by atoms with Gasteiger partial charge in [-0.3, -0.25) is 14.4 Å². The normalized spacial score (nSPS) is 27.8. The van der Waals surface area contributed by atoms with E-state index in [-0.39, 0.29) is 23.8 Å². The van der Waals surface area contributed by atoms with Gasteiger partial charge in [0.25, 0.3) is 0 Å². The van der Waals surface area contributed by atoms with Crippen LogP contribution in [0.1, 0.15) is 38.7 Å². The van der Waals surface area contributed by atoms with Crippen molar-refractivity contribution in [1.29, 1.82) is 0 Å². The first-order valence-corrected chi connectivity index (χ1v) is 8.64. The van der Waals surface area contributed by atoms with Crippen molar-refractivity contribution >= 4 is 17.3 Å². The number of carbonyl (C=O) groups is 3. The van der Waals surface area contributed by atoms with Crippen LogP contribution in [0.3, 0.4) is 0 Å². The second kappa shape index (κ2) is 7.68. The summed E-state index contributed by atoms with van der Waals surface area (Å²) in [5.41, 5.74) is -1.06. The zero-order valence-corrected chi connectivity index (χ0v) is 16.5. The van der Waals surface area contributed by atoms with E-state index >= 15 is 0 Å². The lowest BCUT2D eigenvalue weighted by Gasteiger charge is -2.44. The Bertz CT molecular complexity index is 741. The van der Waals surface area contributed by atoms with Crippen LogP contribution >= 0.6 is 0 Å². The third-order valence-electron chi connectivity index (χ3n) is 5.22. The maximum Gasteiger partial charge on any atom is 0.203 e. The van der Waals surface area contributed by atoms with Crippen LogP contribution in [0.5, 0.6) is 17.2 Å². The van der Waals surface area contributed by atoms with E-state index in [1.807, 2.05) is 0 Å². The molecule has 0 heterocycles. The molecule has 1 aromatic rings. The molecular formula is C20H26O7. The molecule has 0 unspecified atom stereocenters. The number of methoxy groups -OCH3 is 3. The molecule has 27 heavy (non-hydrogen) atoms. The van der Waals surface area contributed by atoms with Gasteiger partial charge in [-0.1, -0.05) is 0 Å². The minimum atomic E-state index is -1.56. The quantitative estimate of drug-likeness (QED) is 0.755. The fourth-order valence-electron chi connectivity index (χ4n) is 4.20. The Balaban J connectivity index is 2.77. The van der Waals surface area contributed by atoms with Crippen LogP contribution in [0, 0.1) is 11.8 Å². The number of Topliss-reactive ketones (excluding diaryl/α,β-unsaturated/α-hetero) is 3. The van der Waals surface area contributed by atoms with Crippen molar-refractivity contribution in [2.75, 3.05) is 21.3 Å². The van der Waals surface area contributed by atoms with E-state index in [0.717, 1.165) is 0 Å². The molecule has 0 aromatic heterocycles. The Morgan fingerprint density at radius 1 is 1.04 bits per heavy atom. The summed E-state index contributed by atoms with van der Waals surface area (Å²) in [4.78, 5) is 37.4. The van der Waals surface area contributed by atoms with Gasteiger partial charge in [0.15, 0.2) is 11.5 Å². The van der Waals surface area contributed by atoms with Crippen LogP contribution in [-0.4, -0.2) is 49.4 Å². The molecule has 4 atom stereocenters. The monoisotopic (exact) mass is 378 g/mol. The number of ketones is 3. The molecule has 0 radical (unpaired) electrons. The zero-order valence-electron chi connectivity index (χ0n) is 16.5. The Hall–Kier alpha value is -2.41. The van der Waals surface area contributed by atoms with E-state index in [0.29, 0.717) is 22.8 Å². The lowest BCUT2D eigenvalue weighted by molar-refractivity contribution is -0.151. The van der Waals surface area contributed by atoms with E-state index in [1.165, 1.54) is 42.1 Å². The first-order valence-electron chi connectivity index (χ1n) is 8.64. The molecule has 0 amide bonds. The molecule has 1 aliphatic rings. The highest BCUT2D eigenvalue weighted by atomic mass is 16.5. The van der Waals surface area contributed by atoms with E-state index in [4.69, 9.17) is 14.2 Å². The summed E-state index contributed by atoms with van der Waals surface area (Å²) >= 11 is 0. The highest BCUT2D eigenvalue weighted by molar-refractivity contribution is 6.05. The van der Waals surface area contributed by atoms with Gasteiger partial charge in [-0.25, -0.2) is 0 Å². The summed E-state index contributed by atoms with van der Waals surface area (Å²) in [5, 5.41) is 10.8. The van der Waals surface area contributed by atoms with Crippen LogP contribution in [0.2, 0.25) is 0 Å². The van der Waals surface area contributed by atoms with Gasteiger partial charge >= 0.3 is 0 Å². The molecule has 0 bridgehead atoms. The lowest BCUT2D eigenvalue weighted by atomic mass is 9.60. The summed E-state index contributed by atoms with van der Waals surface area (Å²) in [6.07, 6.45) is -0.248. The largest absolute Gasteiger partial charge is 0.493 e. The van der Waals surface area contributed by atoms with Gasteiger partial charge in [0.1, 0.15) is 17.3 Å². The van der Waals surface area contributed by atoms with Gasteiger partial charge < -0.3 is 19.3 Å². The van der Waals surface area contributed by atoms with E-state index in [9.17, 15) is 19.5 Å². The van der Waals surface area contributed by atoms with Crippen molar-refractivity contribution in [3.05, 3.63) is 17.7 Å². The Kier molecular flexibility index (Phi) is 5.94. The number of ether oxygens (including phenoxy) is 3. The molecule has 1 N–H and O–H groups in total. The maximum atomic E-state index is 12.7. The van der Waals surface area contributed by atoms with Gasteiger partial charge in [-0.15, -0.1) is 0 Å². The topological polar surface area (TPSA) is 99.1 Å². The van der Waals surface area contributed by atoms with Gasteiger partial charge in [-0.2, -0.15) is 0 Å². The second-order valence-corrected chi connectivity index (χ2v) is 7.16. The molecule has 1 saturated carbocycles. The number of aliphatic hydroxyl groups is 1. The molecule has 1 aliphatic carbocycles. The van der Waals surface area contributed by atoms with Crippen molar-refractivity contribution < 1.29 is 33.7 Å². The van der Waals surface area contributed by atoms with Gasteiger partial charge in [-0.05, 0) is 38.5 Å². The van der Waals surface area contributed by atoms with Crippen LogP contribution in [-0.2, 0) is 14.4 Å². The van der Waals surface area contributed by atoms with Gasteiger partial charge in [0.05, 0.1) is 38.8 Å². The summed E-state index contributed by atoms with van der Waals surface area (Å²) in [5.74, 6) is -2.76. The number of carbonyl (C=O) groups excluding carboxylic acids is 3. The molecule has 0 aliphatic heterocycles. The third-order valence-corrected chi connectivity index (χ3v) is 5.22. The fraction of sp³-hybridized carbons (Fsp3) is 0.550. The Morgan fingerprint density at radius 3 is 1.93 bits per heavy atom. The highest BCUT2D eigenvalue weighted by Gasteiger charge is 2.54. The lowest BCUT2D eigenvalue weighted by Crippen LogP contribution is -2.53. The van der Waals surface area contributed by atoms with Crippen molar-refractivity contribution in [1.82, 2.24) is 0 Å². The smallest absolute Gasteiger partial charge is 0.203 e. The van der Waals surface area contributed by atoms with Crippen LogP contribution in [0.15, 0.2) is 12.1 Å². The van der Waals surface area contributed by atoms with E-state index < -0.39 is 23.4 Å². The maximum absolute atomic E-state index is 12.7. The predicted molar refractivity (Wildman–Crippen MR) is 97.4 cm³/mol. The molecule has 0 spiro atoms.